The van der Waals surface area contributed by atoms with Gasteiger partial charge in [0.2, 0.25) is 11.8 Å². The number of carboxylic acid groups (broad SMARTS) is 1. The molecule has 0 aromatic heterocycles. The largest absolute Gasteiger partial charge is 0.477 e. The molecule has 700 valence electrons. The second kappa shape index (κ2) is 56.1. The molecule has 6 saturated heterocycles. The van der Waals surface area contributed by atoms with Crippen molar-refractivity contribution < 1.29 is 173 Å². The lowest BCUT2D eigenvalue weighted by Crippen LogP contribution is -2.72. The van der Waals surface area contributed by atoms with Crippen molar-refractivity contribution in [3.05, 3.63) is 24.3 Å². The Balaban J connectivity index is 1.14. The Kier molecular flexibility index (Phi) is 49.3. The van der Waals surface area contributed by atoms with Crippen LogP contribution in [0.5, 0.6) is 0 Å². The minimum atomic E-state index is -3.27. The van der Waals surface area contributed by atoms with E-state index < -0.39 is 260 Å². The summed E-state index contributed by atoms with van der Waals surface area (Å²) in [6, 6.07) is -3.09. The molecule has 0 bridgehead atoms. The van der Waals surface area contributed by atoms with Crippen LogP contribution in [0.25, 0.3) is 0 Å². The summed E-state index contributed by atoms with van der Waals surface area (Å²) in [7, 11) is 0. The highest BCUT2D eigenvalue weighted by atomic mass is 16.8. The number of carbonyl (C=O) groups is 3. The smallest absolute Gasteiger partial charge is 0.364 e. The van der Waals surface area contributed by atoms with E-state index in [1.807, 2.05) is 6.08 Å². The van der Waals surface area contributed by atoms with Gasteiger partial charge >= 0.3 is 5.97 Å². The zero-order valence-electron chi connectivity index (χ0n) is 70.4. The average Bonchev–Trinajstić information content (AvgIpc) is 0.758. The number of carboxylic acids is 1. The van der Waals surface area contributed by atoms with Crippen molar-refractivity contribution in [2.75, 3.05) is 39.6 Å². The monoisotopic (exact) mass is 1730 g/mol. The number of carbonyl (C=O) groups excluding carboxylic acids is 2. The highest BCUT2D eigenvalue weighted by Gasteiger charge is 2.62. The van der Waals surface area contributed by atoms with Gasteiger partial charge in [-0.2, -0.15) is 0 Å². The SMILES string of the molecule is CCCCCCCC/C=C\CCCCCCCCCCCCCC(=O)N[C@@H](CO[C@@H]1OC(CO)[C@@H](O[C@@H]2OC(CO)[C@H](O)[C@H](O[C@@H]3OC(CO)[C@@H](O[C@@H]4OC(CO)[C@H](O)[C@H](O[C@]5(C(=O)O)CC(O)[C@@H](O)C([C@H](O)[C@H](O)CO)O5)C4O)[C@H](O[C@H]4OC(C)[C@@H](O)C(O)[C@@H]4O)C3NC(C)=O)C2O)[C@H](O)C1O)[C@H](O)/C=C/CCCCCCCCCCCCC. The van der Waals surface area contributed by atoms with E-state index in [1.54, 1.807) is 6.08 Å². The highest BCUT2D eigenvalue weighted by Crippen LogP contribution is 2.41. The van der Waals surface area contributed by atoms with Crippen LogP contribution in [-0.4, -0.2) is 361 Å². The van der Waals surface area contributed by atoms with Gasteiger partial charge in [-0.15, -0.1) is 0 Å². The third kappa shape index (κ3) is 32.1. The third-order valence-corrected chi connectivity index (χ3v) is 23.4. The van der Waals surface area contributed by atoms with Crippen molar-refractivity contribution in [3.63, 3.8) is 0 Å². The lowest BCUT2D eigenvalue weighted by atomic mass is 9.90. The molecule has 0 aromatic carbocycles. The first-order valence-electron chi connectivity index (χ1n) is 44.1. The van der Waals surface area contributed by atoms with Crippen LogP contribution in [0.2, 0.25) is 0 Å². The molecule has 33 atom stereocenters. The van der Waals surface area contributed by atoms with Crippen LogP contribution >= 0.6 is 0 Å². The van der Waals surface area contributed by atoms with Crippen molar-refractivity contribution in [2.45, 2.75) is 442 Å². The number of aliphatic hydroxyl groups is 19. The maximum atomic E-state index is 13.6. The quantitative estimate of drug-likeness (QED) is 0.0276. The van der Waals surface area contributed by atoms with Gasteiger partial charge in [0.1, 0.15) is 140 Å². The maximum Gasteiger partial charge on any atom is 0.364 e. The number of aliphatic hydroxyl groups excluding tert-OH is 19. The number of ether oxygens (including phenoxy) is 12. The molecule has 6 fully saturated rings. The Morgan fingerprint density at radius 1 is 0.450 bits per heavy atom. The van der Waals surface area contributed by atoms with Gasteiger partial charge in [0.05, 0.1) is 64.0 Å². The van der Waals surface area contributed by atoms with Gasteiger partial charge in [-0.3, -0.25) is 9.59 Å². The van der Waals surface area contributed by atoms with E-state index >= 15 is 0 Å². The normalized spacial score (nSPS) is 36.2. The predicted octanol–water partition coefficient (Wildman–Crippen LogP) is -0.218. The van der Waals surface area contributed by atoms with E-state index in [2.05, 4.69) is 36.6 Å². The fourth-order valence-corrected chi connectivity index (χ4v) is 16.1. The summed E-state index contributed by atoms with van der Waals surface area (Å²) in [4.78, 5) is 40.3. The summed E-state index contributed by atoms with van der Waals surface area (Å²) in [5, 5.41) is 228. The number of rotatable bonds is 58. The summed E-state index contributed by atoms with van der Waals surface area (Å²) in [6.07, 6.45) is -19.1. The van der Waals surface area contributed by atoms with Crippen LogP contribution in [0.1, 0.15) is 240 Å². The molecule has 0 radical (unpaired) electrons. The first-order chi connectivity index (χ1) is 57.6. The molecule has 22 N–H and O–H groups in total. The van der Waals surface area contributed by atoms with Gasteiger partial charge in [-0.25, -0.2) is 4.79 Å². The van der Waals surface area contributed by atoms with Crippen molar-refractivity contribution >= 4 is 17.8 Å². The van der Waals surface area contributed by atoms with Crippen LogP contribution in [0, 0.1) is 0 Å². The number of allylic oxidation sites excluding steroid dienone is 3. The first-order valence-corrected chi connectivity index (χ1v) is 44.1. The molecule has 6 aliphatic rings. The molecule has 0 saturated carbocycles. The number of hydrogen-bond donors (Lipinski definition) is 22. The molecule has 6 heterocycles. The topological polar surface area (TPSA) is 591 Å². The van der Waals surface area contributed by atoms with Crippen molar-refractivity contribution in [1.29, 1.82) is 0 Å². The standard InChI is InChI=1S/C83H148N2O35/c1-5-7-9-11-13-15-17-19-20-21-22-23-24-25-26-28-30-32-34-36-38-40-58(95)85-50(51(92)39-37-35-33-31-29-27-18-16-14-12-10-8-6-2)47-109-78-68(104)66(102)71(56(45-89)114-78)115-80-69(105)74(63(99)54(43-87)111-80)118-77-59(84-49(4)91)73(117-79-67(103)65(101)60(96)48(3)110-79)72(57(46-90)113-77)116-81-70(106)76(64(100)55(44-88)112-81)120-83(82(107)108)41-52(93)61(97)75(119-83)62(98)53(94)42-86/h19-20,37,39,48,50-57,59-81,86-90,92-94,96-106H,5-18,21-36,38,40-47H2,1-4H3,(H,84,91)(H,85,95)(H,107,108)/b20-19-,39-37+/t48?,50-,51+,52?,53+,54?,55?,56?,57?,59?,60+,61+,62+,63-,64-,65?,66+,67-,68?,69?,70?,71+,72+,73+,74-,75?,76-,77-,78+,79+,80-,81-,83-/m0/s1. The second-order valence-corrected chi connectivity index (χ2v) is 33.1. The van der Waals surface area contributed by atoms with E-state index in [-0.39, 0.29) is 12.3 Å². The van der Waals surface area contributed by atoms with Crippen molar-refractivity contribution in [3.8, 4) is 0 Å². The lowest BCUT2D eigenvalue weighted by molar-refractivity contribution is -0.401. The molecule has 6 rings (SSSR count). The molecule has 120 heavy (non-hydrogen) atoms. The van der Waals surface area contributed by atoms with Crippen LogP contribution in [-0.2, 0) is 71.2 Å². The molecule has 0 aliphatic carbocycles. The van der Waals surface area contributed by atoms with Crippen LogP contribution < -0.4 is 10.6 Å². The van der Waals surface area contributed by atoms with Gasteiger partial charge in [-0.05, 0) is 51.9 Å². The van der Waals surface area contributed by atoms with Gasteiger partial charge in [0, 0.05) is 19.8 Å². The molecule has 37 heteroatoms. The Morgan fingerprint density at radius 3 is 1.38 bits per heavy atom. The Bertz CT molecular complexity index is 2850. The molecule has 0 spiro atoms. The molecule has 6 aliphatic heterocycles. The fraction of sp³-hybridized carbons (Fsp3) is 0.916. The van der Waals surface area contributed by atoms with Gasteiger partial charge in [0.15, 0.2) is 31.5 Å². The van der Waals surface area contributed by atoms with Crippen molar-refractivity contribution in [2.24, 2.45) is 0 Å². The summed E-state index contributed by atoms with van der Waals surface area (Å²) in [6.45, 7) is 0.556. The van der Waals surface area contributed by atoms with Crippen LogP contribution in [0.4, 0.5) is 0 Å². The number of nitrogens with one attached hydrogen (secondary N) is 2. The molecule has 12 unspecified atom stereocenters. The zero-order valence-corrected chi connectivity index (χ0v) is 70.4. The van der Waals surface area contributed by atoms with Crippen LogP contribution in [0.15, 0.2) is 24.3 Å². The van der Waals surface area contributed by atoms with E-state index in [9.17, 15) is 117 Å². The summed E-state index contributed by atoms with van der Waals surface area (Å²) in [5.41, 5.74) is 0. The van der Waals surface area contributed by atoms with E-state index in [0.29, 0.717) is 12.8 Å². The molecule has 2 amide bonds. The molecule has 0 aromatic rings. The summed E-state index contributed by atoms with van der Waals surface area (Å²) >= 11 is 0. The second-order valence-electron chi connectivity index (χ2n) is 33.1. The number of hydrogen-bond acceptors (Lipinski definition) is 34. The maximum absolute atomic E-state index is 13.6. The fourth-order valence-electron chi connectivity index (χ4n) is 16.1. The number of aliphatic carboxylic acids is 1. The summed E-state index contributed by atoms with van der Waals surface area (Å²) in [5.74, 6) is -6.72. The van der Waals surface area contributed by atoms with Crippen LogP contribution in [0.3, 0.4) is 0 Å². The molecular weight excluding hydrogens is 1580 g/mol. The number of unbranched alkanes of at least 4 members (excludes halogenated alkanes) is 28. The molecule has 37 nitrogen and oxygen atoms in total. The third-order valence-electron chi connectivity index (χ3n) is 23.4. The minimum Gasteiger partial charge on any atom is -0.477 e. The van der Waals surface area contributed by atoms with Crippen molar-refractivity contribution in [1.82, 2.24) is 10.6 Å². The minimum absolute atomic E-state index is 0.149. The van der Waals surface area contributed by atoms with Gasteiger partial charge in [0.25, 0.3) is 5.79 Å². The number of amides is 2. The molecular formula is C83H148N2O35. The summed E-state index contributed by atoms with van der Waals surface area (Å²) < 4.78 is 71.8. The Morgan fingerprint density at radius 2 is 0.875 bits per heavy atom. The van der Waals surface area contributed by atoms with Gasteiger partial charge < -0.3 is 170 Å². The van der Waals surface area contributed by atoms with Gasteiger partial charge in [-0.1, -0.05) is 192 Å². The Hall–Kier alpha value is -3.35. The van der Waals surface area contributed by atoms with E-state index in [4.69, 9.17) is 56.8 Å². The lowest BCUT2D eigenvalue weighted by Gasteiger charge is -2.52. The van der Waals surface area contributed by atoms with E-state index in [1.165, 1.54) is 129 Å². The average molecular weight is 1730 g/mol. The van der Waals surface area contributed by atoms with E-state index in [0.717, 1.165) is 71.1 Å². The Labute approximate surface area is 704 Å². The first kappa shape index (κ1) is 105. The zero-order chi connectivity index (χ0) is 88.0. The highest BCUT2D eigenvalue weighted by molar-refractivity contribution is 5.76. The predicted molar refractivity (Wildman–Crippen MR) is 426 cm³/mol.